The van der Waals surface area contributed by atoms with Gasteiger partial charge in [0.1, 0.15) is 10.7 Å². The fraction of sp³-hybridized carbons (Fsp3) is 0. The molecule has 0 aromatic carbocycles. The third kappa shape index (κ3) is 1.79. The van der Waals surface area contributed by atoms with Crippen molar-refractivity contribution in [3.63, 3.8) is 0 Å². The van der Waals surface area contributed by atoms with Gasteiger partial charge in [0.2, 0.25) is 0 Å². The quantitative estimate of drug-likeness (QED) is 0.750. The fourth-order valence-electron chi connectivity index (χ4n) is 0.371. The molecule has 1 atom stereocenters. The Morgan fingerprint density at radius 3 is 3.00 bits per heavy atom. The van der Waals surface area contributed by atoms with Crippen LogP contribution in [0.2, 0.25) is 0 Å². The van der Waals surface area contributed by atoms with Crippen LogP contribution >= 0.6 is 15.9 Å². The molecule has 0 aliphatic rings. The second-order valence-electron chi connectivity index (χ2n) is 1.35. The molecule has 1 heterocycles. The molecule has 1 unspecified atom stereocenters. The zero-order chi connectivity index (χ0) is 7.56. The van der Waals surface area contributed by atoms with Crippen LogP contribution in [0.1, 0.15) is 0 Å². The van der Waals surface area contributed by atoms with Crippen LogP contribution in [0.15, 0.2) is 15.3 Å². The van der Waals surface area contributed by atoms with Crippen LogP contribution in [0.25, 0.3) is 0 Å². The number of nitrogens with one attached hydrogen (secondary N) is 1. The minimum Gasteiger partial charge on any atom is -0.755 e. The van der Waals surface area contributed by atoms with Crippen LogP contribution in [0, 0.1) is 0 Å². The predicted octanol–water partition coefficient (Wildman–Crippen LogP) is 0.643. The second kappa shape index (κ2) is 3.13. The van der Waals surface area contributed by atoms with Gasteiger partial charge in [0.25, 0.3) is 0 Å². The number of halogens is 1. The van der Waals surface area contributed by atoms with Crippen LogP contribution in [0.3, 0.4) is 0 Å². The average Bonchev–Trinajstić information content (AvgIpc) is 2.15. The molecule has 1 rings (SSSR count). The third-order valence-corrected chi connectivity index (χ3v) is 1.63. The summed E-state index contributed by atoms with van der Waals surface area (Å²) in [5.41, 5.74) is 0. The minimum atomic E-state index is -2.36. The van der Waals surface area contributed by atoms with Crippen molar-refractivity contribution in [2.45, 2.75) is 0 Å². The van der Waals surface area contributed by atoms with Crippen LogP contribution in [0.4, 0.5) is 5.82 Å². The largest absolute Gasteiger partial charge is 0.755 e. The average molecular weight is 226 g/mol. The molecule has 7 heteroatoms. The van der Waals surface area contributed by atoms with E-state index in [0.29, 0.717) is 4.47 Å². The van der Waals surface area contributed by atoms with Crippen molar-refractivity contribution in [1.82, 2.24) is 5.16 Å². The van der Waals surface area contributed by atoms with E-state index in [1.807, 2.05) is 4.72 Å². The van der Waals surface area contributed by atoms with Gasteiger partial charge in [-0.25, -0.2) is 0 Å². The van der Waals surface area contributed by atoms with Gasteiger partial charge < -0.3 is 9.08 Å². The van der Waals surface area contributed by atoms with Crippen molar-refractivity contribution in [2.75, 3.05) is 4.72 Å². The van der Waals surface area contributed by atoms with E-state index >= 15 is 0 Å². The smallest absolute Gasteiger partial charge is 0.194 e. The molecule has 0 spiro atoms. The molecule has 0 aliphatic carbocycles. The van der Waals surface area contributed by atoms with Crippen molar-refractivity contribution >= 4 is 33.0 Å². The summed E-state index contributed by atoms with van der Waals surface area (Å²) in [5, 5.41) is 3.33. The maximum absolute atomic E-state index is 10.0. The lowest BCUT2D eigenvalue weighted by Crippen LogP contribution is -2.02. The van der Waals surface area contributed by atoms with E-state index in [2.05, 4.69) is 25.6 Å². The summed E-state index contributed by atoms with van der Waals surface area (Å²) in [6, 6.07) is 0. The lowest BCUT2D eigenvalue weighted by atomic mass is 10.7. The van der Waals surface area contributed by atoms with Crippen molar-refractivity contribution in [3.05, 3.63) is 10.7 Å². The van der Waals surface area contributed by atoms with E-state index in [-0.39, 0.29) is 5.82 Å². The third-order valence-electron chi connectivity index (χ3n) is 0.706. The molecule has 0 radical (unpaired) electrons. The lowest BCUT2D eigenvalue weighted by Gasteiger charge is -2.03. The zero-order valence-electron chi connectivity index (χ0n) is 4.54. The Morgan fingerprint density at radius 1 is 1.90 bits per heavy atom. The summed E-state index contributed by atoms with van der Waals surface area (Å²) in [6.45, 7) is 0. The summed E-state index contributed by atoms with van der Waals surface area (Å²) in [4.78, 5) is 0. The number of anilines is 1. The summed E-state index contributed by atoms with van der Waals surface area (Å²) >= 11 is 0.645. The predicted molar refractivity (Wildman–Crippen MR) is 36.7 cm³/mol. The monoisotopic (exact) mass is 225 g/mol. The first-order chi connectivity index (χ1) is 4.70. The van der Waals surface area contributed by atoms with Crippen LogP contribution in [-0.4, -0.2) is 13.9 Å². The normalized spacial score (nSPS) is 13.0. The lowest BCUT2D eigenvalue weighted by molar-refractivity contribution is 0.422. The topological polar surface area (TPSA) is 78.2 Å². The van der Waals surface area contributed by atoms with Crippen LogP contribution in [0.5, 0.6) is 0 Å². The molecule has 56 valence electrons. The second-order valence-corrected chi connectivity index (χ2v) is 2.88. The van der Waals surface area contributed by atoms with Gasteiger partial charge >= 0.3 is 0 Å². The number of rotatable bonds is 2. The SMILES string of the molecule is O=S([O-])Nc1nocc1Br. The highest BCUT2D eigenvalue weighted by Gasteiger charge is 2.01. The summed E-state index contributed by atoms with van der Waals surface area (Å²) in [5.74, 6) is 0.147. The van der Waals surface area contributed by atoms with Crippen molar-refractivity contribution in [2.24, 2.45) is 0 Å². The first-order valence-corrected chi connectivity index (χ1v) is 4.02. The van der Waals surface area contributed by atoms with E-state index in [9.17, 15) is 8.76 Å². The molecule has 0 aliphatic heterocycles. The number of hydrogen-bond acceptors (Lipinski definition) is 4. The molecule has 0 saturated carbocycles. The van der Waals surface area contributed by atoms with Crippen molar-refractivity contribution in [1.29, 1.82) is 0 Å². The van der Waals surface area contributed by atoms with Gasteiger partial charge in [-0.3, -0.25) is 8.93 Å². The van der Waals surface area contributed by atoms with E-state index in [4.69, 9.17) is 0 Å². The van der Waals surface area contributed by atoms with E-state index in [1.165, 1.54) is 6.26 Å². The molecule has 0 amide bonds. The van der Waals surface area contributed by atoms with Gasteiger partial charge in [-0.1, -0.05) is 5.16 Å². The molecular weight excluding hydrogens is 224 g/mol. The van der Waals surface area contributed by atoms with Gasteiger partial charge in [-0.05, 0) is 15.9 Å². The number of aromatic nitrogens is 1. The molecule has 10 heavy (non-hydrogen) atoms. The van der Waals surface area contributed by atoms with Crippen LogP contribution in [-0.2, 0) is 11.3 Å². The molecule has 1 aromatic heterocycles. The first kappa shape index (κ1) is 7.70. The number of nitrogens with zero attached hydrogens (tertiary/aromatic N) is 1. The summed E-state index contributed by atoms with van der Waals surface area (Å²) < 4.78 is 26.9. The Balaban J connectivity index is 2.74. The first-order valence-electron chi connectivity index (χ1n) is 2.16. The Labute approximate surface area is 67.3 Å². The molecule has 0 fully saturated rings. The highest BCUT2D eigenvalue weighted by molar-refractivity contribution is 9.10. The minimum absolute atomic E-state index is 0.147. The standard InChI is InChI=1S/C3H3BrN2O3S/c4-2-1-9-5-3(2)6-10(7)8/h1H,(H,5,6)(H,7,8)/p-1. The van der Waals surface area contributed by atoms with E-state index in [1.54, 1.807) is 0 Å². The molecular formula is C3H2BrN2O3S-. The molecule has 0 saturated heterocycles. The Hall–Kier alpha value is -0.400. The van der Waals surface area contributed by atoms with Crippen molar-refractivity contribution < 1.29 is 13.3 Å². The van der Waals surface area contributed by atoms with Gasteiger partial charge in [-0.2, -0.15) is 0 Å². The molecule has 1 N–H and O–H groups in total. The summed E-state index contributed by atoms with van der Waals surface area (Å²) in [6.07, 6.45) is 1.27. The maximum atomic E-state index is 10.0. The molecule has 1 aromatic rings. The van der Waals surface area contributed by atoms with Gasteiger partial charge in [0, 0.05) is 11.3 Å². The zero-order valence-corrected chi connectivity index (χ0v) is 6.94. The Bertz CT molecular complexity index is 250. The highest BCUT2D eigenvalue weighted by atomic mass is 79.9. The maximum Gasteiger partial charge on any atom is 0.194 e. The highest BCUT2D eigenvalue weighted by Crippen LogP contribution is 2.19. The van der Waals surface area contributed by atoms with Gasteiger partial charge in [-0.15, -0.1) is 0 Å². The van der Waals surface area contributed by atoms with E-state index < -0.39 is 11.3 Å². The molecule has 0 bridgehead atoms. The van der Waals surface area contributed by atoms with Crippen molar-refractivity contribution in [3.8, 4) is 0 Å². The van der Waals surface area contributed by atoms with Crippen LogP contribution < -0.4 is 4.72 Å². The molecule has 5 nitrogen and oxygen atoms in total. The van der Waals surface area contributed by atoms with Gasteiger partial charge in [0.15, 0.2) is 5.82 Å². The van der Waals surface area contributed by atoms with E-state index in [0.717, 1.165) is 0 Å². The van der Waals surface area contributed by atoms with Gasteiger partial charge in [0.05, 0.1) is 0 Å². The number of hydrogen-bond donors (Lipinski definition) is 1. The fourth-order valence-corrected chi connectivity index (χ4v) is 1.06. The Morgan fingerprint density at radius 2 is 2.60 bits per heavy atom. The Kier molecular flexibility index (Phi) is 2.41. The summed E-state index contributed by atoms with van der Waals surface area (Å²) in [7, 11) is 0.